The minimum atomic E-state index is -1.01. The summed E-state index contributed by atoms with van der Waals surface area (Å²) in [6.45, 7) is 3.72. The zero-order valence-corrected chi connectivity index (χ0v) is 16.0. The number of imide groups is 1. The number of esters is 1. The number of hydrogen-bond donors (Lipinski definition) is 2. The number of urea groups is 1. The summed E-state index contributed by atoms with van der Waals surface area (Å²) >= 11 is 0. The average Bonchev–Trinajstić information content (AvgIpc) is 2.91. The third-order valence-corrected chi connectivity index (χ3v) is 4.68. The number of Topliss-reactive ketones (excluding diaryl/α,β-unsaturated/α-hetero) is 1. The standard InChI is InChI=1S/C19H23N3O6/c1-4-19(5-2)17(26)22(18(27)21-19)10-16(25)28-11-15(24)20-14-9-7-6-8-13(14)12(3)23/h6-9H,4-5,10-11H2,1-3H3,(H,20,24)(H,21,27). The Hall–Kier alpha value is -3.23. The number of rotatable bonds is 8. The van der Waals surface area contributed by atoms with Crippen LogP contribution in [-0.4, -0.2) is 53.2 Å². The first-order valence-electron chi connectivity index (χ1n) is 8.93. The van der Waals surface area contributed by atoms with Crippen molar-refractivity contribution in [3.63, 3.8) is 0 Å². The quantitative estimate of drug-likeness (QED) is 0.395. The van der Waals surface area contributed by atoms with E-state index in [0.717, 1.165) is 4.90 Å². The predicted molar refractivity (Wildman–Crippen MR) is 99.6 cm³/mol. The molecule has 0 unspecified atom stereocenters. The molecule has 0 radical (unpaired) electrons. The number of para-hydroxylation sites is 1. The van der Waals surface area contributed by atoms with Crippen LogP contribution >= 0.6 is 0 Å². The van der Waals surface area contributed by atoms with Gasteiger partial charge in [0.05, 0.1) is 5.69 Å². The molecule has 150 valence electrons. The highest BCUT2D eigenvalue weighted by atomic mass is 16.5. The van der Waals surface area contributed by atoms with E-state index in [1.807, 2.05) is 0 Å². The summed E-state index contributed by atoms with van der Waals surface area (Å²) in [5.74, 6) is -2.24. The summed E-state index contributed by atoms with van der Waals surface area (Å²) in [4.78, 5) is 60.8. The lowest BCUT2D eigenvalue weighted by Crippen LogP contribution is -2.46. The zero-order valence-electron chi connectivity index (χ0n) is 16.0. The van der Waals surface area contributed by atoms with E-state index in [1.165, 1.54) is 6.92 Å². The van der Waals surface area contributed by atoms with Gasteiger partial charge < -0.3 is 15.4 Å². The number of nitrogens with zero attached hydrogens (tertiary/aromatic N) is 1. The summed E-state index contributed by atoms with van der Waals surface area (Å²) in [5, 5.41) is 5.10. The Morgan fingerprint density at radius 1 is 1.14 bits per heavy atom. The molecule has 1 aromatic carbocycles. The van der Waals surface area contributed by atoms with Gasteiger partial charge in [-0.15, -0.1) is 0 Å². The molecule has 4 amide bonds. The Bertz CT molecular complexity index is 816. The van der Waals surface area contributed by atoms with Crippen LogP contribution in [-0.2, 0) is 19.1 Å². The highest BCUT2D eigenvalue weighted by Gasteiger charge is 2.49. The van der Waals surface area contributed by atoms with Crippen LogP contribution in [0.5, 0.6) is 0 Å². The molecule has 1 saturated heterocycles. The summed E-state index contributed by atoms with van der Waals surface area (Å²) in [6.07, 6.45) is 0.801. The van der Waals surface area contributed by atoms with Gasteiger partial charge in [0, 0.05) is 5.56 Å². The normalized spacial score (nSPS) is 15.2. The number of benzene rings is 1. The number of carbonyl (C=O) groups is 5. The molecule has 0 aliphatic carbocycles. The molecule has 9 nitrogen and oxygen atoms in total. The Morgan fingerprint density at radius 3 is 2.36 bits per heavy atom. The summed E-state index contributed by atoms with van der Waals surface area (Å²) in [5.41, 5.74) is -0.372. The monoisotopic (exact) mass is 389 g/mol. The topological polar surface area (TPSA) is 122 Å². The number of amides is 4. The maximum absolute atomic E-state index is 12.4. The van der Waals surface area contributed by atoms with Crippen molar-refractivity contribution in [2.24, 2.45) is 0 Å². The van der Waals surface area contributed by atoms with Crippen molar-refractivity contribution < 1.29 is 28.7 Å². The van der Waals surface area contributed by atoms with Crippen molar-refractivity contribution in [3.8, 4) is 0 Å². The maximum atomic E-state index is 12.4. The van der Waals surface area contributed by atoms with E-state index in [9.17, 15) is 24.0 Å². The molecular weight excluding hydrogens is 366 g/mol. The number of anilines is 1. The second kappa shape index (κ2) is 8.64. The maximum Gasteiger partial charge on any atom is 0.326 e. The van der Waals surface area contributed by atoms with Crippen LogP contribution in [0.3, 0.4) is 0 Å². The van der Waals surface area contributed by atoms with Crippen LogP contribution in [0.15, 0.2) is 24.3 Å². The Morgan fingerprint density at radius 2 is 1.79 bits per heavy atom. The highest BCUT2D eigenvalue weighted by Crippen LogP contribution is 2.24. The molecule has 2 N–H and O–H groups in total. The second-order valence-electron chi connectivity index (χ2n) is 6.42. The number of carbonyl (C=O) groups excluding carboxylic acids is 5. The minimum Gasteiger partial charge on any atom is -0.454 e. The average molecular weight is 389 g/mol. The third-order valence-electron chi connectivity index (χ3n) is 4.68. The molecule has 0 spiro atoms. The van der Waals surface area contributed by atoms with E-state index in [-0.39, 0.29) is 5.78 Å². The van der Waals surface area contributed by atoms with Crippen molar-refractivity contribution in [3.05, 3.63) is 29.8 Å². The fourth-order valence-electron chi connectivity index (χ4n) is 2.96. The van der Waals surface area contributed by atoms with E-state index in [4.69, 9.17) is 4.74 Å². The molecule has 1 heterocycles. The first-order chi connectivity index (χ1) is 13.2. The molecular formula is C19H23N3O6. The van der Waals surface area contributed by atoms with Gasteiger partial charge in [-0.05, 0) is 31.9 Å². The van der Waals surface area contributed by atoms with Crippen molar-refractivity contribution in [1.29, 1.82) is 0 Å². The van der Waals surface area contributed by atoms with Gasteiger partial charge in [0.1, 0.15) is 12.1 Å². The van der Waals surface area contributed by atoms with Crippen LogP contribution in [0.1, 0.15) is 44.0 Å². The highest BCUT2D eigenvalue weighted by molar-refractivity contribution is 6.09. The first-order valence-corrected chi connectivity index (χ1v) is 8.93. The Balaban J connectivity index is 1.91. The van der Waals surface area contributed by atoms with Gasteiger partial charge in [-0.2, -0.15) is 0 Å². The molecule has 28 heavy (non-hydrogen) atoms. The van der Waals surface area contributed by atoms with E-state index in [1.54, 1.807) is 38.1 Å². The first kappa shape index (κ1) is 21.1. The number of ketones is 1. The van der Waals surface area contributed by atoms with Crippen LogP contribution in [0, 0.1) is 0 Å². The fraction of sp³-hybridized carbons (Fsp3) is 0.421. The van der Waals surface area contributed by atoms with Gasteiger partial charge in [-0.3, -0.25) is 24.1 Å². The van der Waals surface area contributed by atoms with E-state index in [0.29, 0.717) is 24.1 Å². The molecule has 1 aliphatic rings. The molecule has 1 aromatic rings. The lowest BCUT2D eigenvalue weighted by molar-refractivity contribution is -0.150. The zero-order chi connectivity index (χ0) is 20.9. The number of ether oxygens (including phenoxy) is 1. The van der Waals surface area contributed by atoms with Gasteiger partial charge in [-0.1, -0.05) is 26.0 Å². The second-order valence-corrected chi connectivity index (χ2v) is 6.42. The fourth-order valence-corrected chi connectivity index (χ4v) is 2.96. The molecule has 9 heteroatoms. The van der Waals surface area contributed by atoms with E-state index in [2.05, 4.69) is 10.6 Å². The van der Waals surface area contributed by atoms with Crippen LogP contribution in [0.25, 0.3) is 0 Å². The summed E-state index contributed by atoms with van der Waals surface area (Å²) < 4.78 is 4.86. The Kier molecular flexibility index (Phi) is 6.50. The number of hydrogen-bond acceptors (Lipinski definition) is 6. The third kappa shape index (κ3) is 4.36. The van der Waals surface area contributed by atoms with Gasteiger partial charge in [0.2, 0.25) is 0 Å². The van der Waals surface area contributed by atoms with E-state index >= 15 is 0 Å². The van der Waals surface area contributed by atoms with Gasteiger partial charge in [0.25, 0.3) is 11.8 Å². The van der Waals surface area contributed by atoms with Gasteiger partial charge >= 0.3 is 12.0 Å². The molecule has 1 fully saturated rings. The molecule has 1 aliphatic heterocycles. The Labute approximate surface area is 162 Å². The lowest BCUT2D eigenvalue weighted by Gasteiger charge is -2.22. The van der Waals surface area contributed by atoms with E-state index < -0.39 is 42.5 Å². The van der Waals surface area contributed by atoms with Crippen molar-refractivity contribution in [2.45, 2.75) is 39.2 Å². The molecule has 0 bridgehead atoms. The van der Waals surface area contributed by atoms with Crippen molar-refractivity contribution >= 4 is 35.3 Å². The minimum absolute atomic E-state index is 0.221. The van der Waals surface area contributed by atoms with Crippen LogP contribution in [0.4, 0.5) is 10.5 Å². The lowest BCUT2D eigenvalue weighted by atomic mass is 9.93. The van der Waals surface area contributed by atoms with Gasteiger partial charge in [-0.25, -0.2) is 4.79 Å². The van der Waals surface area contributed by atoms with Gasteiger partial charge in [0.15, 0.2) is 12.4 Å². The SMILES string of the molecule is CCC1(CC)NC(=O)N(CC(=O)OCC(=O)Nc2ccccc2C(C)=O)C1=O. The predicted octanol–water partition coefficient (Wildman–Crippen LogP) is 1.48. The molecule has 0 atom stereocenters. The smallest absolute Gasteiger partial charge is 0.326 e. The summed E-state index contributed by atoms with van der Waals surface area (Å²) in [6, 6.07) is 5.77. The van der Waals surface area contributed by atoms with Crippen LogP contribution < -0.4 is 10.6 Å². The number of nitrogens with one attached hydrogen (secondary N) is 2. The molecule has 0 saturated carbocycles. The molecule has 2 rings (SSSR count). The van der Waals surface area contributed by atoms with Crippen molar-refractivity contribution in [1.82, 2.24) is 10.2 Å². The van der Waals surface area contributed by atoms with Crippen molar-refractivity contribution in [2.75, 3.05) is 18.5 Å². The molecule has 0 aromatic heterocycles. The summed E-state index contributed by atoms with van der Waals surface area (Å²) in [7, 11) is 0. The largest absolute Gasteiger partial charge is 0.454 e. The van der Waals surface area contributed by atoms with Crippen LogP contribution in [0.2, 0.25) is 0 Å².